The van der Waals surface area contributed by atoms with Gasteiger partial charge in [-0.2, -0.15) is 0 Å². The van der Waals surface area contributed by atoms with E-state index < -0.39 is 0 Å². The van der Waals surface area contributed by atoms with E-state index in [1.54, 1.807) is 11.8 Å². The molecule has 1 aliphatic rings. The number of amidine groups is 1. The van der Waals surface area contributed by atoms with Crippen molar-refractivity contribution in [2.45, 2.75) is 13.5 Å². The zero-order chi connectivity index (χ0) is 9.80. The number of aryl methyl sites for hydroxylation is 1. The Balaban J connectivity index is 1.91. The molecule has 0 unspecified atom stereocenters. The van der Waals surface area contributed by atoms with Crippen molar-refractivity contribution in [2.24, 2.45) is 4.99 Å². The van der Waals surface area contributed by atoms with Gasteiger partial charge in [0, 0.05) is 11.9 Å². The normalized spacial score (nSPS) is 15.4. The van der Waals surface area contributed by atoms with Crippen molar-refractivity contribution in [3.8, 4) is 0 Å². The molecule has 2 heterocycles. The molecule has 4 heteroatoms. The molecular weight excluding hydrogens is 194 g/mol. The first kappa shape index (κ1) is 9.52. The summed E-state index contributed by atoms with van der Waals surface area (Å²) >= 11 is 1.78. The molecule has 74 valence electrons. The molecular formula is C10H13N3S. The molecule has 0 aromatic carbocycles. The highest BCUT2D eigenvalue weighted by Gasteiger charge is 2.05. The van der Waals surface area contributed by atoms with E-state index in [-0.39, 0.29) is 0 Å². The molecule has 0 amide bonds. The Morgan fingerprint density at radius 1 is 1.57 bits per heavy atom. The number of aromatic nitrogens is 1. The van der Waals surface area contributed by atoms with Crippen LogP contribution in [0.4, 0.5) is 0 Å². The SMILES string of the molecule is Cc1ccnc(CNC2=NCCS2)c1. The highest BCUT2D eigenvalue weighted by Crippen LogP contribution is 2.09. The monoisotopic (exact) mass is 207 g/mol. The summed E-state index contributed by atoms with van der Waals surface area (Å²) in [7, 11) is 0. The second-order valence-corrected chi connectivity index (χ2v) is 4.30. The van der Waals surface area contributed by atoms with Crippen LogP contribution in [0.25, 0.3) is 0 Å². The Morgan fingerprint density at radius 2 is 2.50 bits per heavy atom. The van der Waals surface area contributed by atoms with Crippen molar-refractivity contribution in [2.75, 3.05) is 12.3 Å². The van der Waals surface area contributed by atoms with E-state index in [4.69, 9.17) is 0 Å². The van der Waals surface area contributed by atoms with Crippen molar-refractivity contribution in [3.05, 3.63) is 29.6 Å². The van der Waals surface area contributed by atoms with Gasteiger partial charge in [-0.05, 0) is 24.6 Å². The highest BCUT2D eigenvalue weighted by molar-refractivity contribution is 8.14. The van der Waals surface area contributed by atoms with Crippen molar-refractivity contribution < 1.29 is 0 Å². The predicted octanol–water partition coefficient (Wildman–Crippen LogP) is 1.58. The number of hydrogen-bond acceptors (Lipinski definition) is 4. The zero-order valence-corrected chi connectivity index (χ0v) is 8.97. The van der Waals surface area contributed by atoms with Crippen LogP contribution in [-0.2, 0) is 6.54 Å². The van der Waals surface area contributed by atoms with Gasteiger partial charge in [0.1, 0.15) is 0 Å². The van der Waals surface area contributed by atoms with Gasteiger partial charge >= 0.3 is 0 Å². The number of pyridine rings is 1. The Labute approximate surface area is 88.0 Å². The third kappa shape index (κ3) is 2.48. The molecule has 0 radical (unpaired) electrons. The molecule has 0 saturated carbocycles. The first-order valence-corrected chi connectivity index (χ1v) is 5.66. The molecule has 0 saturated heterocycles. The maximum absolute atomic E-state index is 4.31. The molecule has 1 aliphatic heterocycles. The molecule has 3 nitrogen and oxygen atoms in total. The summed E-state index contributed by atoms with van der Waals surface area (Å²) in [6.07, 6.45) is 1.84. The fraction of sp³-hybridized carbons (Fsp3) is 0.400. The average Bonchev–Trinajstić information content (AvgIpc) is 2.67. The van der Waals surface area contributed by atoms with Gasteiger partial charge in [0.05, 0.1) is 18.8 Å². The van der Waals surface area contributed by atoms with E-state index in [0.717, 1.165) is 29.7 Å². The molecule has 2 rings (SSSR count). The average molecular weight is 207 g/mol. The number of rotatable bonds is 2. The lowest BCUT2D eigenvalue weighted by atomic mass is 10.2. The molecule has 0 atom stereocenters. The molecule has 0 bridgehead atoms. The van der Waals surface area contributed by atoms with E-state index >= 15 is 0 Å². The number of hydrogen-bond donors (Lipinski definition) is 1. The number of nitrogens with zero attached hydrogens (tertiary/aromatic N) is 2. The topological polar surface area (TPSA) is 37.3 Å². The summed E-state index contributed by atoms with van der Waals surface area (Å²) in [6, 6.07) is 4.10. The van der Waals surface area contributed by atoms with E-state index in [1.165, 1.54) is 5.56 Å². The summed E-state index contributed by atoms with van der Waals surface area (Å²) in [6.45, 7) is 3.79. The van der Waals surface area contributed by atoms with Gasteiger partial charge in [0.15, 0.2) is 5.17 Å². The Bertz CT molecular complexity index is 349. The maximum Gasteiger partial charge on any atom is 0.156 e. The van der Waals surface area contributed by atoms with Gasteiger partial charge in [-0.1, -0.05) is 11.8 Å². The minimum atomic E-state index is 0.771. The second-order valence-electron chi connectivity index (χ2n) is 3.21. The van der Waals surface area contributed by atoms with Crippen LogP contribution in [0.5, 0.6) is 0 Å². The summed E-state index contributed by atoms with van der Waals surface area (Å²) < 4.78 is 0. The van der Waals surface area contributed by atoms with E-state index in [9.17, 15) is 0 Å². The standard InChI is InChI=1S/C10H13N3S/c1-8-2-3-11-9(6-8)7-13-10-12-4-5-14-10/h2-3,6H,4-5,7H2,1H3,(H,12,13). The predicted molar refractivity (Wildman–Crippen MR) is 60.6 cm³/mol. The molecule has 0 aliphatic carbocycles. The van der Waals surface area contributed by atoms with Crippen LogP contribution in [0.1, 0.15) is 11.3 Å². The molecule has 1 N–H and O–H groups in total. The van der Waals surface area contributed by atoms with Gasteiger partial charge in [-0.15, -0.1) is 0 Å². The van der Waals surface area contributed by atoms with Crippen molar-refractivity contribution in [3.63, 3.8) is 0 Å². The summed E-state index contributed by atoms with van der Waals surface area (Å²) in [4.78, 5) is 8.59. The first-order valence-electron chi connectivity index (χ1n) is 4.67. The fourth-order valence-electron chi connectivity index (χ4n) is 1.30. The van der Waals surface area contributed by atoms with Gasteiger partial charge in [0.25, 0.3) is 0 Å². The highest BCUT2D eigenvalue weighted by atomic mass is 32.2. The largest absolute Gasteiger partial charge is 0.359 e. The van der Waals surface area contributed by atoms with Crippen LogP contribution in [-0.4, -0.2) is 22.4 Å². The van der Waals surface area contributed by atoms with Crippen LogP contribution in [0.2, 0.25) is 0 Å². The Morgan fingerprint density at radius 3 is 3.21 bits per heavy atom. The third-order valence-corrected chi connectivity index (χ3v) is 2.91. The van der Waals surface area contributed by atoms with Crippen LogP contribution < -0.4 is 5.32 Å². The van der Waals surface area contributed by atoms with Crippen molar-refractivity contribution in [1.82, 2.24) is 10.3 Å². The van der Waals surface area contributed by atoms with Crippen LogP contribution in [0, 0.1) is 6.92 Å². The molecule has 0 fully saturated rings. The summed E-state index contributed by atoms with van der Waals surface area (Å²) in [5.41, 5.74) is 2.32. The van der Waals surface area contributed by atoms with Gasteiger partial charge in [0.2, 0.25) is 0 Å². The lowest BCUT2D eigenvalue weighted by Gasteiger charge is -2.04. The molecule has 14 heavy (non-hydrogen) atoms. The number of thioether (sulfide) groups is 1. The van der Waals surface area contributed by atoms with Crippen molar-refractivity contribution in [1.29, 1.82) is 0 Å². The van der Waals surface area contributed by atoms with Gasteiger partial charge in [-0.3, -0.25) is 9.98 Å². The van der Waals surface area contributed by atoms with Crippen molar-refractivity contribution >= 4 is 16.9 Å². The maximum atomic E-state index is 4.31. The Hall–Kier alpha value is -1.03. The fourth-order valence-corrected chi connectivity index (χ4v) is 2.04. The van der Waals surface area contributed by atoms with Crippen LogP contribution in [0.15, 0.2) is 23.3 Å². The van der Waals surface area contributed by atoms with E-state index in [2.05, 4.69) is 28.3 Å². The Kier molecular flexibility index (Phi) is 3.03. The number of nitrogens with one attached hydrogen (secondary N) is 1. The van der Waals surface area contributed by atoms with E-state index in [0.29, 0.717) is 0 Å². The zero-order valence-electron chi connectivity index (χ0n) is 8.16. The summed E-state index contributed by atoms with van der Waals surface area (Å²) in [5, 5.41) is 4.32. The minimum absolute atomic E-state index is 0.771. The van der Waals surface area contributed by atoms with Crippen LogP contribution in [0.3, 0.4) is 0 Å². The molecule has 1 aromatic heterocycles. The lowest BCUT2D eigenvalue weighted by molar-refractivity contribution is 0.878. The smallest absolute Gasteiger partial charge is 0.156 e. The molecule has 1 aromatic rings. The first-order chi connectivity index (χ1) is 6.84. The van der Waals surface area contributed by atoms with Crippen LogP contribution >= 0.6 is 11.8 Å². The van der Waals surface area contributed by atoms with Gasteiger partial charge in [-0.25, -0.2) is 0 Å². The second kappa shape index (κ2) is 4.46. The quantitative estimate of drug-likeness (QED) is 0.800. The third-order valence-electron chi connectivity index (χ3n) is 1.98. The van der Waals surface area contributed by atoms with E-state index in [1.807, 2.05) is 12.3 Å². The number of aliphatic imine (C=N–C) groups is 1. The lowest BCUT2D eigenvalue weighted by Crippen LogP contribution is -2.18. The molecule has 0 spiro atoms. The summed E-state index contributed by atoms with van der Waals surface area (Å²) in [5.74, 6) is 1.10. The minimum Gasteiger partial charge on any atom is -0.359 e. The van der Waals surface area contributed by atoms with Gasteiger partial charge < -0.3 is 5.32 Å².